The number of ether oxygens (including phenoxy) is 1. The Morgan fingerprint density at radius 1 is 1.21 bits per heavy atom. The van der Waals surface area contributed by atoms with Crippen LogP contribution in [-0.2, 0) is 6.42 Å². The molecule has 0 bridgehead atoms. The third-order valence-corrected chi connectivity index (χ3v) is 6.06. The number of thioether (sulfide) groups is 1. The van der Waals surface area contributed by atoms with Gasteiger partial charge in [0.1, 0.15) is 12.1 Å². The molecule has 29 heavy (non-hydrogen) atoms. The molecular weight excluding hydrogens is 386 g/mol. The smallest absolute Gasteiger partial charge is 0.410 e. The topological polar surface area (TPSA) is 84.0 Å². The van der Waals surface area contributed by atoms with Crippen LogP contribution >= 0.6 is 11.8 Å². The number of likely N-dealkylation sites (tertiary alicyclic amines) is 1. The molecule has 0 unspecified atom stereocenters. The molecule has 1 amide bonds. The van der Waals surface area contributed by atoms with Gasteiger partial charge in [0.25, 0.3) is 0 Å². The zero-order chi connectivity index (χ0) is 20.1. The van der Waals surface area contributed by atoms with Crippen molar-refractivity contribution >= 4 is 17.9 Å². The second-order valence-electron chi connectivity index (χ2n) is 7.05. The molecule has 150 valence electrons. The Bertz CT molecular complexity index is 938. The molecule has 3 heterocycles. The largest absolute Gasteiger partial charge is 0.415 e. The van der Waals surface area contributed by atoms with E-state index in [9.17, 15) is 4.79 Å². The number of aromatic nitrogens is 4. The van der Waals surface area contributed by atoms with Crippen LogP contribution in [0.1, 0.15) is 29.8 Å². The van der Waals surface area contributed by atoms with Crippen LogP contribution in [0.3, 0.4) is 0 Å². The molecule has 0 spiro atoms. The maximum absolute atomic E-state index is 12.5. The molecule has 0 saturated carbocycles. The molecule has 8 heteroatoms. The Morgan fingerprint density at radius 2 is 2.00 bits per heavy atom. The van der Waals surface area contributed by atoms with Crippen molar-refractivity contribution in [3.05, 3.63) is 65.7 Å². The van der Waals surface area contributed by atoms with Crippen molar-refractivity contribution in [1.29, 1.82) is 0 Å². The molecule has 4 rings (SSSR count). The number of carbonyl (C=O) groups is 1. The van der Waals surface area contributed by atoms with Crippen molar-refractivity contribution in [3.8, 4) is 5.75 Å². The van der Waals surface area contributed by atoms with Crippen LogP contribution in [0.15, 0.2) is 53.9 Å². The van der Waals surface area contributed by atoms with E-state index < -0.39 is 0 Å². The molecule has 1 fully saturated rings. The zero-order valence-electron chi connectivity index (χ0n) is 16.2. The first-order chi connectivity index (χ1) is 14.2. The summed E-state index contributed by atoms with van der Waals surface area (Å²) in [7, 11) is 0. The van der Waals surface area contributed by atoms with Gasteiger partial charge in [0.2, 0.25) is 0 Å². The summed E-state index contributed by atoms with van der Waals surface area (Å²) < 4.78 is 5.56. The highest BCUT2D eigenvalue weighted by Gasteiger charge is 2.25. The minimum absolute atomic E-state index is 0.291. The lowest BCUT2D eigenvalue weighted by Crippen LogP contribution is -2.40. The van der Waals surface area contributed by atoms with Gasteiger partial charge in [0, 0.05) is 36.1 Å². The first-order valence-corrected chi connectivity index (χ1v) is 10.5. The van der Waals surface area contributed by atoms with E-state index in [-0.39, 0.29) is 6.09 Å². The zero-order valence-corrected chi connectivity index (χ0v) is 17.1. The average molecular weight is 410 g/mol. The number of carbonyl (C=O) groups excluding carboxylic acids is 1. The third-order valence-electron chi connectivity index (χ3n) is 4.83. The standard InChI is InChI=1S/C21H23N5O2S/c1-15-3-2-4-17(24-15)13-16-5-7-18(8-6-16)28-21(27)26-11-9-19(10-12-26)29-20-22-14-23-25-20/h2-8,14,19H,9-13H2,1H3,(H,22,23,25). The highest BCUT2D eigenvalue weighted by Crippen LogP contribution is 2.28. The molecule has 0 atom stereocenters. The number of pyridine rings is 1. The summed E-state index contributed by atoms with van der Waals surface area (Å²) in [5.74, 6) is 0.564. The summed E-state index contributed by atoms with van der Waals surface area (Å²) in [4.78, 5) is 22.9. The van der Waals surface area contributed by atoms with E-state index in [1.165, 1.54) is 6.33 Å². The van der Waals surface area contributed by atoms with Crippen molar-refractivity contribution in [2.45, 2.75) is 36.6 Å². The average Bonchev–Trinajstić information content (AvgIpc) is 3.23. The summed E-state index contributed by atoms with van der Waals surface area (Å²) in [6.45, 7) is 3.35. The second kappa shape index (κ2) is 9.09. The Morgan fingerprint density at radius 3 is 2.69 bits per heavy atom. The predicted octanol–water partition coefficient (Wildman–Crippen LogP) is 3.85. The van der Waals surface area contributed by atoms with E-state index in [1.54, 1.807) is 16.7 Å². The molecule has 7 nitrogen and oxygen atoms in total. The Labute approximate surface area is 173 Å². The van der Waals surface area contributed by atoms with Crippen LogP contribution in [0.25, 0.3) is 0 Å². The number of nitrogens with zero attached hydrogens (tertiary/aromatic N) is 4. The molecule has 1 aliphatic heterocycles. The fourth-order valence-corrected chi connectivity index (χ4v) is 4.29. The molecule has 0 radical (unpaired) electrons. The van der Waals surface area contributed by atoms with Gasteiger partial charge in [-0.25, -0.2) is 9.78 Å². The number of rotatable bonds is 5. The summed E-state index contributed by atoms with van der Waals surface area (Å²) in [5, 5.41) is 7.99. The Hall–Kier alpha value is -2.87. The maximum atomic E-state index is 12.5. The number of benzene rings is 1. The molecule has 1 aromatic carbocycles. The first-order valence-electron chi connectivity index (χ1n) is 9.66. The summed E-state index contributed by atoms with van der Waals surface area (Å²) in [6, 6.07) is 13.7. The molecule has 1 N–H and O–H groups in total. The fraction of sp³-hybridized carbons (Fsp3) is 0.333. The van der Waals surface area contributed by atoms with Crippen molar-refractivity contribution in [2.75, 3.05) is 13.1 Å². The molecule has 1 aliphatic rings. The maximum Gasteiger partial charge on any atom is 0.415 e. The van der Waals surface area contributed by atoms with Crippen molar-refractivity contribution in [3.63, 3.8) is 0 Å². The van der Waals surface area contributed by atoms with E-state index in [0.717, 1.165) is 41.4 Å². The number of aryl methyl sites for hydroxylation is 1. The van der Waals surface area contributed by atoms with Crippen LogP contribution in [0, 0.1) is 6.92 Å². The minimum Gasteiger partial charge on any atom is -0.410 e. The third kappa shape index (κ3) is 5.35. The van der Waals surface area contributed by atoms with Crippen LogP contribution in [-0.4, -0.2) is 49.5 Å². The Balaban J connectivity index is 1.26. The van der Waals surface area contributed by atoms with Gasteiger partial charge in [-0.1, -0.05) is 30.0 Å². The van der Waals surface area contributed by atoms with Crippen molar-refractivity contribution in [1.82, 2.24) is 25.1 Å². The van der Waals surface area contributed by atoms with Crippen LogP contribution in [0.2, 0.25) is 0 Å². The van der Waals surface area contributed by atoms with E-state index in [1.807, 2.05) is 49.4 Å². The lowest BCUT2D eigenvalue weighted by molar-refractivity contribution is 0.143. The fourth-order valence-electron chi connectivity index (χ4n) is 3.31. The van der Waals surface area contributed by atoms with Gasteiger partial charge in [-0.2, -0.15) is 5.10 Å². The predicted molar refractivity (Wildman–Crippen MR) is 111 cm³/mol. The van der Waals surface area contributed by atoms with E-state index >= 15 is 0 Å². The van der Waals surface area contributed by atoms with Crippen LogP contribution in [0.5, 0.6) is 5.75 Å². The first kappa shape index (κ1) is 19.4. The molecule has 2 aromatic heterocycles. The van der Waals surface area contributed by atoms with Crippen molar-refractivity contribution < 1.29 is 9.53 Å². The summed E-state index contributed by atoms with van der Waals surface area (Å²) in [5.41, 5.74) is 3.17. The van der Waals surface area contributed by atoms with Crippen LogP contribution in [0.4, 0.5) is 4.79 Å². The van der Waals surface area contributed by atoms with Gasteiger partial charge in [-0.15, -0.1) is 0 Å². The molecule has 0 aliphatic carbocycles. The van der Waals surface area contributed by atoms with E-state index in [0.29, 0.717) is 24.1 Å². The molecule has 1 saturated heterocycles. The quantitative estimate of drug-likeness (QED) is 0.689. The van der Waals surface area contributed by atoms with Gasteiger partial charge in [-0.05, 0) is 49.6 Å². The van der Waals surface area contributed by atoms with Gasteiger partial charge in [0.05, 0.1) is 0 Å². The number of aromatic amines is 1. The number of piperidine rings is 1. The van der Waals surface area contributed by atoms with Gasteiger partial charge >= 0.3 is 6.09 Å². The van der Waals surface area contributed by atoms with E-state index in [2.05, 4.69) is 20.2 Å². The highest BCUT2D eigenvalue weighted by molar-refractivity contribution is 7.99. The Kier molecular flexibility index (Phi) is 6.09. The van der Waals surface area contributed by atoms with Crippen LogP contribution < -0.4 is 4.74 Å². The molecular formula is C21H23N5O2S. The number of amides is 1. The van der Waals surface area contributed by atoms with Gasteiger partial charge in [0.15, 0.2) is 5.16 Å². The minimum atomic E-state index is -0.291. The monoisotopic (exact) mass is 409 g/mol. The SMILES string of the molecule is Cc1cccc(Cc2ccc(OC(=O)N3CCC(Sc4ncn[nH]4)CC3)cc2)n1. The number of hydrogen-bond acceptors (Lipinski definition) is 6. The summed E-state index contributed by atoms with van der Waals surface area (Å²) >= 11 is 1.68. The van der Waals surface area contributed by atoms with Gasteiger partial charge < -0.3 is 9.64 Å². The van der Waals surface area contributed by atoms with E-state index in [4.69, 9.17) is 4.74 Å². The lowest BCUT2D eigenvalue weighted by Gasteiger charge is -2.30. The highest BCUT2D eigenvalue weighted by atomic mass is 32.2. The van der Waals surface area contributed by atoms with Gasteiger partial charge in [-0.3, -0.25) is 10.1 Å². The summed E-state index contributed by atoms with van der Waals surface area (Å²) in [6.07, 6.45) is 3.79. The molecule has 3 aromatic rings. The second-order valence-corrected chi connectivity index (χ2v) is 8.34. The normalized spacial score (nSPS) is 14.7. The number of hydrogen-bond donors (Lipinski definition) is 1. The number of nitrogens with one attached hydrogen (secondary N) is 1. The lowest BCUT2D eigenvalue weighted by atomic mass is 10.1. The van der Waals surface area contributed by atoms with Crippen molar-refractivity contribution in [2.24, 2.45) is 0 Å². The number of H-pyrrole nitrogens is 1.